The second-order valence-electron chi connectivity index (χ2n) is 6.90. The monoisotopic (exact) mass is 340 g/mol. The van der Waals surface area contributed by atoms with Crippen molar-refractivity contribution in [3.05, 3.63) is 42.1 Å². The molecule has 2 aromatic rings. The molecule has 4 rings (SSSR count). The topological polar surface area (TPSA) is 60.4 Å². The number of aryl methyl sites for hydroxylation is 1. The zero-order valence-electron chi connectivity index (χ0n) is 14.8. The molecule has 2 atom stereocenters. The highest BCUT2D eigenvalue weighted by molar-refractivity contribution is 5.43. The van der Waals surface area contributed by atoms with Gasteiger partial charge in [-0.3, -0.25) is 4.98 Å². The Labute approximate surface area is 148 Å². The molecular weight excluding hydrogens is 316 g/mol. The first-order valence-electron chi connectivity index (χ1n) is 8.91. The summed E-state index contributed by atoms with van der Waals surface area (Å²) in [6, 6.07) is 6.11. The van der Waals surface area contributed by atoms with Crippen molar-refractivity contribution in [3.8, 4) is 5.75 Å². The molecule has 0 spiro atoms. The molecule has 0 radical (unpaired) electrons. The molecule has 1 aliphatic carbocycles. The summed E-state index contributed by atoms with van der Waals surface area (Å²) in [6.07, 6.45) is 7.03. The van der Waals surface area contributed by atoms with E-state index in [4.69, 9.17) is 14.5 Å². The summed E-state index contributed by atoms with van der Waals surface area (Å²) in [6.45, 7) is 3.47. The van der Waals surface area contributed by atoms with E-state index in [9.17, 15) is 0 Å². The second-order valence-corrected chi connectivity index (χ2v) is 6.90. The van der Waals surface area contributed by atoms with E-state index in [2.05, 4.69) is 20.9 Å². The average Bonchev–Trinajstić information content (AvgIpc) is 3.40. The number of rotatable bonds is 6. The van der Waals surface area contributed by atoms with Crippen LogP contribution in [0.4, 0.5) is 5.82 Å². The predicted octanol–water partition coefficient (Wildman–Crippen LogP) is 2.73. The van der Waals surface area contributed by atoms with Crippen LogP contribution in [0.25, 0.3) is 0 Å². The van der Waals surface area contributed by atoms with E-state index in [1.54, 1.807) is 19.5 Å². The van der Waals surface area contributed by atoms with Crippen LogP contribution < -0.4 is 9.64 Å². The average molecular weight is 340 g/mol. The van der Waals surface area contributed by atoms with E-state index in [-0.39, 0.29) is 12.1 Å². The summed E-state index contributed by atoms with van der Waals surface area (Å²) < 4.78 is 11.6. The van der Waals surface area contributed by atoms with Crippen molar-refractivity contribution >= 4 is 5.82 Å². The van der Waals surface area contributed by atoms with Crippen LogP contribution in [-0.4, -0.2) is 47.4 Å². The molecule has 1 aliphatic heterocycles. The summed E-state index contributed by atoms with van der Waals surface area (Å²) in [5.41, 5.74) is 1.03. The molecule has 2 aliphatic rings. The van der Waals surface area contributed by atoms with Crippen LogP contribution >= 0.6 is 0 Å². The Morgan fingerprint density at radius 1 is 1.28 bits per heavy atom. The lowest BCUT2D eigenvalue weighted by Gasteiger charge is -2.26. The van der Waals surface area contributed by atoms with Crippen LogP contribution in [0.15, 0.2) is 30.6 Å². The Morgan fingerprint density at radius 3 is 2.88 bits per heavy atom. The van der Waals surface area contributed by atoms with E-state index < -0.39 is 0 Å². The summed E-state index contributed by atoms with van der Waals surface area (Å²) in [7, 11) is 1.77. The van der Waals surface area contributed by atoms with E-state index in [0.29, 0.717) is 12.5 Å². The molecule has 0 amide bonds. The lowest BCUT2D eigenvalue weighted by atomic mass is 10.2. The number of hydrogen-bond acceptors (Lipinski definition) is 6. The quantitative estimate of drug-likeness (QED) is 0.806. The van der Waals surface area contributed by atoms with Crippen molar-refractivity contribution in [1.82, 2.24) is 15.0 Å². The maximum Gasteiger partial charge on any atom is 0.137 e. The molecule has 1 saturated carbocycles. The van der Waals surface area contributed by atoms with Gasteiger partial charge >= 0.3 is 0 Å². The standard InChI is InChI=1S/C19H24N4O2/c1-13-8-18(22-19(21-13)14-5-6-14)23-11-17(24-2)9-15(23)12-25-16-4-3-7-20-10-16/h3-4,7-8,10,14-15,17H,5-6,9,11-12H2,1-2H3/t15-,17+/m0/s1. The summed E-state index contributed by atoms with van der Waals surface area (Å²) in [5, 5.41) is 0. The summed E-state index contributed by atoms with van der Waals surface area (Å²) in [5.74, 6) is 3.32. The van der Waals surface area contributed by atoms with Gasteiger partial charge in [0.2, 0.25) is 0 Å². The number of anilines is 1. The first kappa shape index (κ1) is 16.3. The second kappa shape index (κ2) is 6.96. The van der Waals surface area contributed by atoms with Gasteiger partial charge in [-0.2, -0.15) is 0 Å². The number of ether oxygens (including phenoxy) is 2. The molecule has 25 heavy (non-hydrogen) atoms. The van der Waals surface area contributed by atoms with Gasteiger partial charge in [-0.25, -0.2) is 9.97 Å². The fraction of sp³-hybridized carbons (Fsp3) is 0.526. The molecule has 3 heterocycles. The molecule has 0 N–H and O–H groups in total. The molecule has 0 bridgehead atoms. The van der Waals surface area contributed by atoms with Gasteiger partial charge in [0, 0.05) is 37.5 Å². The normalized spacial score (nSPS) is 23.0. The number of hydrogen-bond donors (Lipinski definition) is 0. The number of aromatic nitrogens is 3. The first-order chi connectivity index (χ1) is 12.2. The van der Waals surface area contributed by atoms with Crippen LogP contribution in [0.1, 0.15) is 36.7 Å². The summed E-state index contributed by atoms with van der Waals surface area (Å²) in [4.78, 5) is 15.9. The van der Waals surface area contributed by atoms with Crippen LogP contribution in [0, 0.1) is 6.92 Å². The SMILES string of the molecule is CO[C@@H]1C[C@@H](COc2cccnc2)N(c2cc(C)nc(C3CC3)n2)C1. The van der Waals surface area contributed by atoms with Crippen molar-refractivity contribution in [1.29, 1.82) is 0 Å². The van der Waals surface area contributed by atoms with E-state index in [0.717, 1.165) is 36.1 Å². The molecular formula is C19H24N4O2. The van der Waals surface area contributed by atoms with Gasteiger partial charge in [0.15, 0.2) is 0 Å². The van der Waals surface area contributed by atoms with Gasteiger partial charge in [0.25, 0.3) is 0 Å². The first-order valence-corrected chi connectivity index (χ1v) is 8.91. The Morgan fingerprint density at radius 2 is 2.16 bits per heavy atom. The predicted molar refractivity (Wildman–Crippen MR) is 95.0 cm³/mol. The molecule has 2 fully saturated rings. The molecule has 132 valence electrons. The number of nitrogens with zero attached hydrogens (tertiary/aromatic N) is 4. The lowest BCUT2D eigenvalue weighted by Crippen LogP contribution is -2.35. The van der Waals surface area contributed by atoms with Gasteiger partial charge in [0.1, 0.15) is 24.0 Å². The van der Waals surface area contributed by atoms with Crippen LogP contribution in [0.5, 0.6) is 5.75 Å². The minimum atomic E-state index is 0.196. The Balaban J connectivity index is 1.53. The lowest BCUT2D eigenvalue weighted by molar-refractivity contribution is 0.115. The van der Waals surface area contributed by atoms with E-state index in [1.807, 2.05) is 19.1 Å². The zero-order valence-corrected chi connectivity index (χ0v) is 14.8. The van der Waals surface area contributed by atoms with Crippen LogP contribution in [0.2, 0.25) is 0 Å². The third-order valence-electron chi connectivity index (χ3n) is 4.88. The van der Waals surface area contributed by atoms with Gasteiger partial charge < -0.3 is 14.4 Å². The number of pyridine rings is 1. The molecule has 0 aromatic carbocycles. The van der Waals surface area contributed by atoms with Crippen molar-refractivity contribution in [2.24, 2.45) is 0 Å². The molecule has 2 aromatic heterocycles. The van der Waals surface area contributed by atoms with Gasteiger partial charge in [-0.1, -0.05) is 0 Å². The van der Waals surface area contributed by atoms with Crippen molar-refractivity contribution in [2.75, 3.05) is 25.2 Å². The van der Waals surface area contributed by atoms with Crippen LogP contribution in [0.3, 0.4) is 0 Å². The number of methoxy groups -OCH3 is 1. The van der Waals surface area contributed by atoms with Crippen molar-refractivity contribution < 1.29 is 9.47 Å². The maximum absolute atomic E-state index is 5.95. The van der Waals surface area contributed by atoms with Crippen molar-refractivity contribution in [3.63, 3.8) is 0 Å². The Hall–Kier alpha value is -2.21. The minimum Gasteiger partial charge on any atom is -0.490 e. The fourth-order valence-electron chi connectivity index (χ4n) is 3.35. The van der Waals surface area contributed by atoms with Gasteiger partial charge in [-0.05, 0) is 38.3 Å². The minimum absolute atomic E-state index is 0.196. The van der Waals surface area contributed by atoms with Crippen molar-refractivity contribution in [2.45, 2.75) is 44.2 Å². The smallest absolute Gasteiger partial charge is 0.137 e. The van der Waals surface area contributed by atoms with E-state index >= 15 is 0 Å². The van der Waals surface area contributed by atoms with Gasteiger partial charge in [-0.15, -0.1) is 0 Å². The van der Waals surface area contributed by atoms with Crippen LogP contribution in [-0.2, 0) is 4.74 Å². The molecule has 6 heteroatoms. The highest BCUT2D eigenvalue weighted by atomic mass is 16.5. The zero-order chi connectivity index (χ0) is 17.2. The molecule has 0 unspecified atom stereocenters. The van der Waals surface area contributed by atoms with E-state index in [1.165, 1.54) is 12.8 Å². The molecule has 6 nitrogen and oxygen atoms in total. The highest BCUT2D eigenvalue weighted by Gasteiger charge is 2.35. The fourth-order valence-corrected chi connectivity index (χ4v) is 3.35. The molecule has 1 saturated heterocycles. The Bertz CT molecular complexity index is 721. The largest absolute Gasteiger partial charge is 0.490 e. The van der Waals surface area contributed by atoms with Gasteiger partial charge in [0.05, 0.1) is 18.3 Å². The third-order valence-corrected chi connectivity index (χ3v) is 4.88. The third kappa shape index (κ3) is 3.74. The summed E-state index contributed by atoms with van der Waals surface area (Å²) >= 11 is 0. The highest BCUT2D eigenvalue weighted by Crippen LogP contribution is 2.39. The maximum atomic E-state index is 5.95. The Kier molecular flexibility index (Phi) is 4.53.